The average molecular weight is 348 g/mol. The highest BCUT2D eigenvalue weighted by atomic mass is 16.6. The normalized spacial score (nSPS) is 19.4. The Hall–Kier alpha value is -3.13. The molecule has 5 heteroatoms. The van der Waals surface area contributed by atoms with Gasteiger partial charge in [0.15, 0.2) is 0 Å². The van der Waals surface area contributed by atoms with Crippen molar-refractivity contribution in [1.82, 2.24) is 4.90 Å². The van der Waals surface area contributed by atoms with Crippen molar-refractivity contribution in [3.8, 4) is 6.07 Å². The second-order valence-corrected chi connectivity index (χ2v) is 6.40. The van der Waals surface area contributed by atoms with E-state index in [4.69, 9.17) is 10.00 Å². The van der Waals surface area contributed by atoms with Crippen LogP contribution in [0.15, 0.2) is 54.6 Å². The standard InChI is InChI=1S/C21H20N2O3/c22-13-16-6-8-19(9-7-16)20-12-18(14-24)10-11-23(20)21(25)26-15-17-4-2-1-3-5-17/h1-9,14,18,20H,10-12,15H2. The monoisotopic (exact) mass is 348 g/mol. The number of piperidine rings is 1. The molecule has 0 spiro atoms. The van der Waals surface area contributed by atoms with E-state index in [1.165, 1.54) is 0 Å². The molecule has 0 aromatic heterocycles. The lowest BCUT2D eigenvalue weighted by molar-refractivity contribution is -0.113. The number of hydrogen-bond donors (Lipinski definition) is 0. The van der Waals surface area contributed by atoms with Gasteiger partial charge >= 0.3 is 6.09 Å². The molecule has 0 N–H and O–H groups in total. The molecule has 0 bridgehead atoms. The predicted molar refractivity (Wildman–Crippen MR) is 96.0 cm³/mol. The van der Waals surface area contributed by atoms with Crippen LogP contribution in [0.3, 0.4) is 0 Å². The first kappa shape index (κ1) is 17.7. The molecule has 1 amide bonds. The van der Waals surface area contributed by atoms with Crippen molar-refractivity contribution < 1.29 is 14.3 Å². The van der Waals surface area contributed by atoms with Crippen molar-refractivity contribution in [3.05, 3.63) is 71.3 Å². The van der Waals surface area contributed by atoms with E-state index in [1.54, 1.807) is 17.0 Å². The van der Waals surface area contributed by atoms with Crippen molar-refractivity contribution >= 4 is 12.4 Å². The molecule has 1 aliphatic heterocycles. The Balaban J connectivity index is 1.74. The second-order valence-electron chi connectivity index (χ2n) is 6.40. The van der Waals surface area contributed by atoms with E-state index in [9.17, 15) is 9.59 Å². The number of likely N-dealkylation sites (tertiary alicyclic amines) is 1. The quantitative estimate of drug-likeness (QED) is 0.787. The lowest BCUT2D eigenvalue weighted by Gasteiger charge is -2.37. The van der Waals surface area contributed by atoms with Crippen LogP contribution in [0, 0.1) is 17.2 Å². The number of carbonyl (C=O) groups is 2. The van der Waals surface area contributed by atoms with Crippen molar-refractivity contribution in [1.29, 1.82) is 5.26 Å². The highest BCUT2D eigenvalue weighted by Crippen LogP contribution is 2.34. The minimum absolute atomic E-state index is 0.0752. The minimum atomic E-state index is -0.382. The molecule has 1 saturated heterocycles. The number of aldehydes is 1. The first-order valence-corrected chi connectivity index (χ1v) is 8.64. The molecule has 0 saturated carbocycles. The lowest BCUT2D eigenvalue weighted by Crippen LogP contribution is -2.41. The smallest absolute Gasteiger partial charge is 0.410 e. The van der Waals surface area contributed by atoms with Crippen LogP contribution in [-0.4, -0.2) is 23.8 Å². The lowest BCUT2D eigenvalue weighted by atomic mass is 9.88. The van der Waals surface area contributed by atoms with E-state index in [0.717, 1.165) is 17.4 Å². The molecule has 26 heavy (non-hydrogen) atoms. The van der Waals surface area contributed by atoms with Crippen molar-refractivity contribution in [2.24, 2.45) is 5.92 Å². The molecule has 2 aromatic rings. The summed E-state index contributed by atoms with van der Waals surface area (Å²) in [5, 5.41) is 8.96. The van der Waals surface area contributed by atoms with Gasteiger partial charge in [-0.25, -0.2) is 4.79 Å². The van der Waals surface area contributed by atoms with Crippen LogP contribution in [0.25, 0.3) is 0 Å². The van der Waals surface area contributed by atoms with E-state index in [0.29, 0.717) is 24.9 Å². The number of carbonyl (C=O) groups excluding carboxylic acids is 2. The average Bonchev–Trinajstić information content (AvgIpc) is 2.72. The molecule has 2 aromatic carbocycles. The molecule has 132 valence electrons. The third kappa shape index (κ3) is 4.09. The van der Waals surface area contributed by atoms with Crippen molar-refractivity contribution in [3.63, 3.8) is 0 Å². The van der Waals surface area contributed by atoms with Gasteiger partial charge in [-0.3, -0.25) is 0 Å². The van der Waals surface area contributed by atoms with Crippen LogP contribution in [-0.2, 0) is 16.1 Å². The fraction of sp³-hybridized carbons (Fsp3) is 0.286. The van der Waals surface area contributed by atoms with Gasteiger partial charge in [-0.15, -0.1) is 0 Å². The number of rotatable bonds is 4. The molecule has 1 fully saturated rings. The van der Waals surface area contributed by atoms with Crippen LogP contribution in [0.5, 0.6) is 0 Å². The summed E-state index contributed by atoms with van der Waals surface area (Å²) in [7, 11) is 0. The predicted octanol–water partition coefficient (Wildman–Crippen LogP) is 3.85. The van der Waals surface area contributed by atoms with Gasteiger partial charge < -0.3 is 14.4 Å². The van der Waals surface area contributed by atoms with Crippen molar-refractivity contribution in [2.45, 2.75) is 25.5 Å². The third-order valence-electron chi connectivity index (χ3n) is 4.70. The largest absolute Gasteiger partial charge is 0.445 e. The van der Waals surface area contributed by atoms with E-state index in [1.807, 2.05) is 42.5 Å². The highest BCUT2D eigenvalue weighted by Gasteiger charge is 2.33. The molecule has 1 aliphatic rings. The molecule has 2 atom stereocenters. The Morgan fingerprint density at radius 1 is 1.19 bits per heavy atom. The minimum Gasteiger partial charge on any atom is -0.445 e. The third-order valence-corrected chi connectivity index (χ3v) is 4.70. The fourth-order valence-electron chi connectivity index (χ4n) is 3.23. The zero-order chi connectivity index (χ0) is 18.4. The zero-order valence-electron chi connectivity index (χ0n) is 14.4. The summed E-state index contributed by atoms with van der Waals surface area (Å²) >= 11 is 0. The molecule has 3 rings (SSSR count). The van der Waals surface area contributed by atoms with Crippen LogP contribution < -0.4 is 0 Å². The summed E-state index contributed by atoms with van der Waals surface area (Å²) in [6, 6.07) is 18.5. The summed E-state index contributed by atoms with van der Waals surface area (Å²) in [6.45, 7) is 0.690. The van der Waals surface area contributed by atoms with Gasteiger partial charge in [0.25, 0.3) is 0 Å². The topological polar surface area (TPSA) is 70.4 Å². The Labute approximate surface area is 152 Å². The van der Waals surface area contributed by atoms with Gasteiger partial charge in [0, 0.05) is 12.5 Å². The van der Waals surface area contributed by atoms with E-state index in [2.05, 4.69) is 6.07 Å². The number of nitrogens with zero attached hydrogens (tertiary/aromatic N) is 2. The molecule has 0 radical (unpaired) electrons. The first-order chi connectivity index (χ1) is 12.7. The van der Waals surface area contributed by atoms with Gasteiger partial charge in [-0.05, 0) is 36.1 Å². The Morgan fingerprint density at radius 2 is 1.92 bits per heavy atom. The number of hydrogen-bond acceptors (Lipinski definition) is 4. The Bertz CT molecular complexity index is 796. The molecular formula is C21H20N2O3. The van der Waals surface area contributed by atoms with E-state index < -0.39 is 0 Å². The zero-order valence-corrected chi connectivity index (χ0v) is 14.4. The summed E-state index contributed by atoms with van der Waals surface area (Å²) in [5.41, 5.74) is 2.40. The van der Waals surface area contributed by atoms with E-state index >= 15 is 0 Å². The Kier molecular flexibility index (Phi) is 5.65. The molecule has 1 heterocycles. The van der Waals surface area contributed by atoms with Crippen LogP contribution in [0.2, 0.25) is 0 Å². The molecule has 5 nitrogen and oxygen atoms in total. The van der Waals surface area contributed by atoms with Crippen LogP contribution in [0.1, 0.15) is 35.6 Å². The summed E-state index contributed by atoms with van der Waals surface area (Å²) in [5.74, 6) is -0.0752. The second kappa shape index (κ2) is 8.30. The van der Waals surface area contributed by atoms with Gasteiger partial charge in [0.1, 0.15) is 12.9 Å². The Morgan fingerprint density at radius 3 is 2.58 bits per heavy atom. The SMILES string of the molecule is N#Cc1ccc(C2CC(C=O)CCN2C(=O)OCc2ccccc2)cc1. The van der Waals surface area contributed by atoms with Gasteiger partial charge in [-0.1, -0.05) is 42.5 Å². The first-order valence-electron chi connectivity index (χ1n) is 8.64. The van der Waals surface area contributed by atoms with Gasteiger partial charge in [0.05, 0.1) is 17.7 Å². The summed E-state index contributed by atoms with van der Waals surface area (Å²) in [6.07, 6.45) is 1.78. The molecular weight excluding hydrogens is 328 g/mol. The maximum absolute atomic E-state index is 12.6. The number of ether oxygens (including phenoxy) is 1. The summed E-state index contributed by atoms with van der Waals surface area (Å²) < 4.78 is 5.48. The molecule has 0 aliphatic carbocycles. The van der Waals surface area contributed by atoms with E-state index in [-0.39, 0.29) is 24.7 Å². The van der Waals surface area contributed by atoms with Gasteiger partial charge in [-0.2, -0.15) is 5.26 Å². The van der Waals surface area contributed by atoms with Gasteiger partial charge in [0.2, 0.25) is 0 Å². The number of benzene rings is 2. The number of amides is 1. The van der Waals surface area contributed by atoms with Crippen molar-refractivity contribution in [2.75, 3.05) is 6.54 Å². The maximum Gasteiger partial charge on any atom is 0.410 e. The number of nitriles is 1. The van der Waals surface area contributed by atoms with Crippen LogP contribution >= 0.6 is 0 Å². The highest BCUT2D eigenvalue weighted by molar-refractivity contribution is 5.69. The van der Waals surface area contributed by atoms with Crippen LogP contribution in [0.4, 0.5) is 4.79 Å². The summed E-state index contributed by atoms with van der Waals surface area (Å²) in [4.78, 5) is 25.6. The maximum atomic E-state index is 12.6. The fourth-order valence-corrected chi connectivity index (χ4v) is 3.23. The molecule has 2 unspecified atom stereocenters.